The molecule has 0 unspecified atom stereocenters. The van der Waals surface area contributed by atoms with Crippen molar-refractivity contribution in [1.29, 1.82) is 0 Å². The molecule has 1 aromatic rings. The minimum Gasteiger partial charge on any atom is -0.263 e. The smallest absolute Gasteiger partial charge is 0.153 e. The number of hydrogen-bond donors (Lipinski definition) is 1. The van der Waals surface area contributed by atoms with Gasteiger partial charge in [0.25, 0.3) is 0 Å². The zero-order valence-electron chi connectivity index (χ0n) is 9.91. The van der Waals surface area contributed by atoms with E-state index in [2.05, 4.69) is 15.2 Å². The molecule has 88 valence electrons. The van der Waals surface area contributed by atoms with Crippen molar-refractivity contribution >= 4 is 0 Å². The van der Waals surface area contributed by atoms with Gasteiger partial charge in [-0.15, -0.1) is 0 Å². The van der Waals surface area contributed by atoms with Crippen molar-refractivity contribution in [3.63, 3.8) is 0 Å². The van der Waals surface area contributed by atoms with Crippen molar-refractivity contribution < 1.29 is 0 Å². The Bertz CT molecular complexity index is 333. The highest BCUT2D eigenvalue weighted by Crippen LogP contribution is 2.32. The van der Waals surface area contributed by atoms with Gasteiger partial charge in [-0.1, -0.05) is 38.5 Å². The lowest BCUT2D eigenvalue weighted by Crippen LogP contribution is -2.01. The second-order valence-electron chi connectivity index (χ2n) is 5.48. The summed E-state index contributed by atoms with van der Waals surface area (Å²) < 4.78 is 0. The minimum atomic E-state index is 0.647. The fourth-order valence-electron chi connectivity index (χ4n) is 3.26. The number of aromatic nitrogens is 3. The van der Waals surface area contributed by atoms with Gasteiger partial charge in [-0.3, -0.25) is 5.10 Å². The lowest BCUT2D eigenvalue weighted by Gasteiger charge is -2.04. The van der Waals surface area contributed by atoms with Gasteiger partial charge >= 0.3 is 0 Å². The van der Waals surface area contributed by atoms with E-state index in [0.29, 0.717) is 5.92 Å². The van der Waals surface area contributed by atoms with E-state index in [4.69, 9.17) is 0 Å². The highest BCUT2D eigenvalue weighted by atomic mass is 15.2. The van der Waals surface area contributed by atoms with E-state index in [9.17, 15) is 0 Å². The van der Waals surface area contributed by atoms with Crippen LogP contribution in [0.2, 0.25) is 0 Å². The normalized spacial score (nSPS) is 23.2. The topological polar surface area (TPSA) is 41.6 Å². The lowest BCUT2D eigenvalue weighted by atomic mass is 10.0. The van der Waals surface area contributed by atoms with E-state index < -0.39 is 0 Å². The second-order valence-corrected chi connectivity index (χ2v) is 5.48. The second kappa shape index (κ2) is 4.56. The highest BCUT2D eigenvalue weighted by molar-refractivity contribution is 5.00. The van der Waals surface area contributed by atoms with E-state index in [1.165, 1.54) is 51.4 Å². The van der Waals surface area contributed by atoms with Crippen LogP contribution in [0, 0.1) is 5.92 Å². The molecule has 2 saturated carbocycles. The third kappa shape index (κ3) is 2.13. The largest absolute Gasteiger partial charge is 0.263 e. The summed E-state index contributed by atoms with van der Waals surface area (Å²) in [6.45, 7) is 0. The van der Waals surface area contributed by atoms with E-state index in [1.54, 1.807) is 0 Å². The van der Waals surface area contributed by atoms with Crippen molar-refractivity contribution in [3.05, 3.63) is 11.6 Å². The number of nitrogens with one attached hydrogen (secondary N) is 1. The zero-order valence-corrected chi connectivity index (χ0v) is 9.91. The van der Waals surface area contributed by atoms with Gasteiger partial charge in [0.2, 0.25) is 0 Å². The van der Waals surface area contributed by atoms with Crippen molar-refractivity contribution in [2.24, 2.45) is 5.92 Å². The molecule has 0 aliphatic heterocycles. The molecule has 0 amide bonds. The molecule has 0 aromatic carbocycles. The first-order valence-corrected chi connectivity index (χ1v) is 6.83. The molecule has 3 heteroatoms. The predicted octanol–water partition coefficient (Wildman–Crippen LogP) is 3.20. The lowest BCUT2D eigenvalue weighted by molar-refractivity contribution is 0.531. The molecular formula is C13H21N3. The third-order valence-electron chi connectivity index (χ3n) is 4.23. The van der Waals surface area contributed by atoms with Gasteiger partial charge in [0.05, 0.1) is 0 Å². The molecule has 3 nitrogen and oxygen atoms in total. The van der Waals surface area contributed by atoms with Crippen LogP contribution >= 0.6 is 0 Å². The maximum atomic E-state index is 4.69. The third-order valence-corrected chi connectivity index (χ3v) is 4.23. The first-order valence-electron chi connectivity index (χ1n) is 6.83. The molecule has 1 heterocycles. The van der Waals surface area contributed by atoms with Gasteiger partial charge in [-0.2, -0.15) is 5.10 Å². The number of aromatic amines is 1. The molecule has 2 aliphatic carbocycles. The van der Waals surface area contributed by atoms with Gasteiger partial charge in [0.15, 0.2) is 5.82 Å². The van der Waals surface area contributed by atoms with Crippen LogP contribution in [0.25, 0.3) is 0 Å². The number of hydrogen-bond acceptors (Lipinski definition) is 2. The fourth-order valence-corrected chi connectivity index (χ4v) is 3.26. The molecule has 3 rings (SSSR count). The van der Waals surface area contributed by atoms with Gasteiger partial charge in [-0.25, -0.2) is 4.98 Å². The SMILES string of the molecule is C1CCC(Cc2nc(C3CCCC3)n[nH]2)C1. The van der Waals surface area contributed by atoms with E-state index in [0.717, 1.165) is 24.0 Å². The van der Waals surface area contributed by atoms with Crippen LogP contribution in [0.15, 0.2) is 0 Å². The standard InChI is InChI=1S/C13H21N3/c1-2-6-10(5-1)9-12-14-13(16-15-12)11-7-3-4-8-11/h10-11H,1-9H2,(H,14,15,16). The summed E-state index contributed by atoms with van der Waals surface area (Å²) in [6.07, 6.45) is 12.0. The number of rotatable bonds is 3. The average Bonchev–Trinajstić information content (AvgIpc) is 2.99. The predicted molar refractivity (Wildman–Crippen MR) is 63.3 cm³/mol. The quantitative estimate of drug-likeness (QED) is 0.848. The van der Waals surface area contributed by atoms with Gasteiger partial charge in [0.1, 0.15) is 5.82 Å². The molecule has 2 fully saturated rings. The summed E-state index contributed by atoms with van der Waals surface area (Å²) in [7, 11) is 0. The Morgan fingerprint density at radius 2 is 1.69 bits per heavy atom. The Kier molecular flexibility index (Phi) is 2.94. The van der Waals surface area contributed by atoms with Crippen molar-refractivity contribution in [1.82, 2.24) is 15.2 Å². The first kappa shape index (κ1) is 10.3. The Morgan fingerprint density at radius 1 is 1.00 bits per heavy atom. The number of H-pyrrole nitrogens is 1. The van der Waals surface area contributed by atoms with Crippen LogP contribution in [0.5, 0.6) is 0 Å². The van der Waals surface area contributed by atoms with E-state index in [-0.39, 0.29) is 0 Å². The van der Waals surface area contributed by atoms with Crippen molar-refractivity contribution in [3.8, 4) is 0 Å². The average molecular weight is 219 g/mol. The Balaban J connectivity index is 1.62. The Morgan fingerprint density at radius 3 is 2.44 bits per heavy atom. The maximum absolute atomic E-state index is 4.69. The van der Waals surface area contributed by atoms with E-state index >= 15 is 0 Å². The molecule has 0 saturated heterocycles. The molecule has 0 radical (unpaired) electrons. The molecule has 0 spiro atoms. The summed E-state index contributed by atoms with van der Waals surface area (Å²) in [5.41, 5.74) is 0. The molecule has 0 atom stereocenters. The molecule has 1 N–H and O–H groups in total. The van der Waals surface area contributed by atoms with E-state index in [1.807, 2.05) is 0 Å². The van der Waals surface area contributed by atoms with Gasteiger partial charge < -0.3 is 0 Å². The Labute approximate surface area is 97.1 Å². The molecular weight excluding hydrogens is 198 g/mol. The van der Waals surface area contributed by atoms with Gasteiger partial charge in [-0.05, 0) is 18.8 Å². The molecule has 16 heavy (non-hydrogen) atoms. The molecule has 1 aromatic heterocycles. The van der Waals surface area contributed by atoms with Crippen molar-refractivity contribution in [2.45, 2.75) is 63.7 Å². The monoisotopic (exact) mass is 219 g/mol. The zero-order chi connectivity index (χ0) is 10.8. The number of nitrogens with zero attached hydrogens (tertiary/aromatic N) is 2. The minimum absolute atomic E-state index is 0.647. The maximum Gasteiger partial charge on any atom is 0.153 e. The van der Waals surface area contributed by atoms with Crippen LogP contribution in [0.3, 0.4) is 0 Å². The summed E-state index contributed by atoms with van der Waals surface area (Å²) in [4.78, 5) is 4.69. The highest BCUT2D eigenvalue weighted by Gasteiger charge is 2.22. The summed E-state index contributed by atoms with van der Waals surface area (Å²) in [6, 6.07) is 0. The van der Waals surface area contributed by atoms with Gasteiger partial charge in [0, 0.05) is 12.3 Å². The summed E-state index contributed by atoms with van der Waals surface area (Å²) in [5.74, 6) is 3.73. The molecule has 2 aliphatic rings. The van der Waals surface area contributed by atoms with Crippen LogP contribution in [0.1, 0.15) is 68.9 Å². The van der Waals surface area contributed by atoms with Crippen molar-refractivity contribution in [2.75, 3.05) is 0 Å². The van der Waals surface area contributed by atoms with Crippen LogP contribution in [-0.2, 0) is 6.42 Å². The van der Waals surface area contributed by atoms with Crippen LogP contribution < -0.4 is 0 Å². The summed E-state index contributed by atoms with van der Waals surface area (Å²) in [5, 5.41) is 7.55. The van der Waals surface area contributed by atoms with Crippen LogP contribution in [-0.4, -0.2) is 15.2 Å². The van der Waals surface area contributed by atoms with Crippen LogP contribution in [0.4, 0.5) is 0 Å². The molecule has 0 bridgehead atoms. The Hall–Kier alpha value is -0.860. The fraction of sp³-hybridized carbons (Fsp3) is 0.846. The summed E-state index contributed by atoms with van der Waals surface area (Å²) >= 11 is 0. The first-order chi connectivity index (χ1) is 7.92.